The zero-order valence-corrected chi connectivity index (χ0v) is 13.2. The van der Waals surface area contributed by atoms with E-state index in [-0.39, 0.29) is 17.5 Å². The van der Waals surface area contributed by atoms with Gasteiger partial charge in [0.15, 0.2) is 10.8 Å². The summed E-state index contributed by atoms with van der Waals surface area (Å²) in [6.07, 6.45) is 0. The fourth-order valence-electron chi connectivity index (χ4n) is 2.25. The number of hydrogen-bond donors (Lipinski definition) is 1. The molecule has 0 unspecified atom stereocenters. The number of benzene rings is 1. The molecule has 0 spiro atoms. The molecule has 0 aliphatic heterocycles. The molecule has 0 saturated heterocycles. The number of carbonyl (C=O) groups is 1. The second-order valence-electron chi connectivity index (χ2n) is 5.27. The maximum Gasteiger partial charge on any atom is 0.277 e. The standard InChI is InChI=1S/C15H15FN4OS/c1-8(2)20-9(3)7-11(19-20)14(21)18-15-17-13-10(16)5-4-6-12(13)22-15/h4-8H,1-3H3,(H,17,18,21). The van der Waals surface area contributed by atoms with Crippen molar-refractivity contribution in [3.63, 3.8) is 0 Å². The molecule has 0 radical (unpaired) electrons. The van der Waals surface area contributed by atoms with Gasteiger partial charge < -0.3 is 0 Å². The van der Waals surface area contributed by atoms with E-state index >= 15 is 0 Å². The summed E-state index contributed by atoms with van der Waals surface area (Å²) >= 11 is 1.23. The van der Waals surface area contributed by atoms with Crippen molar-refractivity contribution < 1.29 is 9.18 Å². The van der Waals surface area contributed by atoms with Gasteiger partial charge in [-0.1, -0.05) is 17.4 Å². The quantitative estimate of drug-likeness (QED) is 0.799. The van der Waals surface area contributed by atoms with Crippen LogP contribution in [0.15, 0.2) is 24.3 Å². The highest BCUT2D eigenvalue weighted by Gasteiger charge is 2.16. The molecule has 3 rings (SSSR count). The average molecular weight is 318 g/mol. The third-order valence-electron chi connectivity index (χ3n) is 3.23. The highest BCUT2D eigenvalue weighted by Crippen LogP contribution is 2.27. The van der Waals surface area contributed by atoms with Crippen LogP contribution in [-0.2, 0) is 0 Å². The van der Waals surface area contributed by atoms with Gasteiger partial charge in [-0.15, -0.1) is 0 Å². The van der Waals surface area contributed by atoms with E-state index in [1.165, 1.54) is 17.4 Å². The van der Waals surface area contributed by atoms with E-state index < -0.39 is 5.82 Å². The first-order valence-corrected chi connectivity index (χ1v) is 7.70. The molecule has 114 valence electrons. The van der Waals surface area contributed by atoms with Crippen LogP contribution in [0.25, 0.3) is 10.2 Å². The van der Waals surface area contributed by atoms with E-state index in [1.54, 1.807) is 22.9 Å². The minimum absolute atomic E-state index is 0.179. The van der Waals surface area contributed by atoms with Crippen LogP contribution >= 0.6 is 11.3 Å². The lowest BCUT2D eigenvalue weighted by atomic mass is 10.3. The number of aromatic nitrogens is 3. The van der Waals surface area contributed by atoms with Gasteiger partial charge in [-0.3, -0.25) is 14.8 Å². The van der Waals surface area contributed by atoms with Gasteiger partial charge in [-0.2, -0.15) is 5.10 Å². The van der Waals surface area contributed by atoms with E-state index in [0.29, 0.717) is 15.5 Å². The number of rotatable bonds is 3. The molecular formula is C15H15FN4OS. The summed E-state index contributed by atoms with van der Waals surface area (Å²) in [6, 6.07) is 6.64. The van der Waals surface area contributed by atoms with Crippen molar-refractivity contribution >= 4 is 32.6 Å². The Balaban J connectivity index is 1.86. The summed E-state index contributed by atoms with van der Waals surface area (Å²) in [5.41, 5.74) is 1.51. The number of amides is 1. The molecule has 2 heterocycles. The molecule has 0 aliphatic carbocycles. The van der Waals surface area contributed by atoms with E-state index in [1.807, 2.05) is 20.8 Å². The Hall–Kier alpha value is -2.28. The van der Waals surface area contributed by atoms with Gasteiger partial charge in [-0.05, 0) is 39.0 Å². The van der Waals surface area contributed by atoms with Gasteiger partial charge in [0.25, 0.3) is 5.91 Å². The molecule has 22 heavy (non-hydrogen) atoms. The van der Waals surface area contributed by atoms with Crippen LogP contribution in [0.1, 0.15) is 36.1 Å². The minimum Gasteiger partial charge on any atom is -0.296 e. The van der Waals surface area contributed by atoms with Crippen LogP contribution in [0.4, 0.5) is 9.52 Å². The third-order valence-corrected chi connectivity index (χ3v) is 4.17. The highest BCUT2D eigenvalue weighted by atomic mass is 32.1. The molecule has 1 amide bonds. The van der Waals surface area contributed by atoms with Crippen LogP contribution < -0.4 is 5.32 Å². The zero-order chi connectivity index (χ0) is 15.9. The number of carbonyl (C=O) groups excluding carboxylic acids is 1. The number of fused-ring (bicyclic) bond motifs is 1. The SMILES string of the molecule is Cc1cc(C(=O)Nc2nc3c(F)cccc3s2)nn1C(C)C. The summed E-state index contributed by atoms with van der Waals surface area (Å²) < 4.78 is 16.1. The first kappa shape index (κ1) is 14.6. The number of thiazole rings is 1. The van der Waals surface area contributed by atoms with Gasteiger partial charge in [0.2, 0.25) is 0 Å². The highest BCUT2D eigenvalue weighted by molar-refractivity contribution is 7.22. The number of halogens is 1. The maximum atomic E-state index is 13.6. The first-order chi connectivity index (χ1) is 10.5. The molecule has 0 bridgehead atoms. The van der Waals surface area contributed by atoms with Crippen molar-refractivity contribution in [2.24, 2.45) is 0 Å². The third kappa shape index (κ3) is 2.59. The van der Waals surface area contributed by atoms with Crippen LogP contribution in [0.5, 0.6) is 0 Å². The Morgan fingerprint density at radius 3 is 2.82 bits per heavy atom. The van der Waals surface area contributed by atoms with Gasteiger partial charge in [0, 0.05) is 11.7 Å². The Labute approximate surface area is 130 Å². The molecular weight excluding hydrogens is 303 g/mol. The lowest BCUT2D eigenvalue weighted by Crippen LogP contribution is -2.13. The predicted octanol–water partition coefficient (Wildman–Crippen LogP) is 3.77. The summed E-state index contributed by atoms with van der Waals surface area (Å²) in [7, 11) is 0. The van der Waals surface area contributed by atoms with Crippen molar-refractivity contribution in [2.75, 3.05) is 5.32 Å². The van der Waals surface area contributed by atoms with E-state index in [2.05, 4.69) is 15.4 Å². The summed E-state index contributed by atoms with van der Waals surface area (Å²) in [5, 5.41) is 7.33. The minimum atomic E-state index is -0.394. The molecule has 0 fully saturated rings. The first-order valence-electron chi connectivity index (χ1n) is 6.88. The Bertz CT molecular complexity index is 852. The maximum absolute atomic E-state index is 13.6. The average Bonchev–Trinajstić information content (AvgIpc) is 3.03. The van der Waals surface area contributed by atoms with E-state index in [4.69, 9.17) is 0 Å². The Morgan fingerprint density at radius 1 is 1.41 bits per heavy atom. The fraction of sp³-hybridized carbons (Fsp3) is 0.267. The number of anilines is 1. The molecule has 0 atom stereocenters. The zero-order valence-electron chi connectivity index (χ0n) is 12.4. The lowest BCUT2D eigenvalue weighted by Gasteiger charge is -2.06. The van der Waals surface area contributed by atoms with E-state index in [9.17, 15) is 9.18 Å². The second kappa shape index (κ2) is 5.49. The normalized spacial score (nSPS) is 11.3. The molecule has 5 nitrogen and oxygen atoms in total. The lowest BCUT2D eigenvalue weighted by molar-refractivity contribution is 0.102. The number of hydrogen-bond acceptors (Lipinski definition) is 4. The molecule has 7 heteroatoms. The van der Waals surface area contributed by atoms with Gasteiger partial charge >= 0.3 is 0 Å². The molecule has 1 N–H and O–H groups in total. The van der Waals surface area contributed by atoms with Crippen molar-refractivity contribution in [3.05, 3.63) is 41.5 Å². The molecule has 1 aromatic carbocycles. The van der Waals surface area contributed by atoms with E-state index in [0.717, 1.165) is 5.69 Å². The van der Waals surface area contributed by atoms with Crippen molar-refractivity contribution in [1.29, 1.82) is 0 Å². The Kier molecular flexibility index (Phi) is 3.66. The summed E-state index contributed by atoms with van der Waals surface area (Å²) in [4.78, 5) is 16.4. The number of nitrogens with zero attached hydrogens (tertiary/aromatic N) is 3. The van der Waals surface area contributed by atoms with Crippen LogP contribution in [-0.4, -0.2) is 20.7 Å². The van der Waals surface area contributed by atoms with Crippen molar-refractivity contribution in [3.8, 4) is 0 Å². The largest absolute Gasteiger partial charge is 0.296 e. The van der Waals surface area contributed by atoms with Gasteiger partial charge in [0.1, 0.15) is 11.3 Å². The number of para-hydroxylation sites is 1. The smallest absolute Gasteiger partial charge is 0.277 e. The van der Waals surface area contributed by atoms with Crippen LogP contribution in [0.3, 0.4) is 0 Å². The van der Waals surface area contributed by atoms with Gasteiger partial charge in [-0.25, -0.2) is 9.37 Å². The predicted molar refractivity (Wildman–Crippen MR) is 84.9 cm³/mol. The summed E-state index contributed by atoms with van der Waals surface area (Å²) in [6.45, 7) is 5.90. The molecule has 0 aliphatic rings. The van der Waals surface area contributed by atoms with Crippen molar-refractivity contribution in [1.82, 2.24) is 14.8 Å². The van der Waals surface area contributed by atoms with Crippen LogP contribution in [0, 0.1) is 12.7 Å². The van der Waals surface area contributed by atoms with Crippen molar-refractivity contribution in [2.45, 2.75) is 26.8 Å². The molecule has 3 aromatic rings. The second-order valence-corrected chi connectivity index (χ2v) is 6.30. The monoisotopic (exact) mass is 318 g/mol. The van der Waals surface area contributed by atoms with Gasteiger partial charge in [0.05, 0.1) is 4.70 Å². The summed E-state index contributed by atoms with van der Waals surface area (Å²) in [5.74, 6) is -0.740. The molecule has 0 saturated carbocycles. The topological polar surface area (TPSA) is 59.8 Å². The number of aryl methyl sites for hydroxylation is 1. The Morgan fingerprint density at radius 2 is 2.18 bits per heavy atom. The number of nitrogens with one attached hydrogen (secondary N) is 1. The fourth-order valence-corrected chi connectivity index (χ4v) is 3.13. The molecule has 2 aromatic heterocycles. The van der Waals surface area contributed by atoms with Crippen LogP contribution in [0.2, 0.25) is 0 Å².